The van der Waals surface area contributed by atoms with Crippen molar-refractivity contribution in [3.05, 3.63) is 55.5 Å². The molecule has 0 aliphatic heterocycles. The minimum absolute atomic E-state index is 0.122. The lowest BCUT2D eigenvalue weighted by Gasteiger charge is -2.22. The van der Waals surface area contributed by atoms with Gasteiger partial charge in [-0.1, -0.05) is 11.6 Å². The van der Waals surface area contributed by atoms with Crippen molar-refractivity contribution in [3.63, 3.8) is 0 Å². The Morgan fingerprint density at radius 3 is 2.63 bits per heavy atom. The second kappa shape index (κ2) is 9.44. The van der Waals surface area contributed by atoms with Crippen molar-refractivity contribution in [1.29, 1.82) is 5.26 Å². The molecule has 2 rings (SSSR count). The van der Waals surface area contributed by atoms with Gasteiger partial charge in [-0.05, 0) is 53.5 Å². The van der Waals surface area contributed by atoms with Crippen LogP contribution in [-0.4, -0.2) is 18.0 Å². The quantitative estimate of drug-likeness (QED) is 0.274. The van der Waals surface area contributed by atoms with Gasteiger partial charge in [0.2, 0.25) is 0 Å². The van der Waals surface area contributed by atoms with E-state index in [-0.39, 0.29) is 10.7 Å². The van der Waals surface area contributed by atoms with E-state index in [0.29, 0.717) is 28.8 Å². The molecule has 140 valence electrons. The molecule has 0 N–H and O–H groups in total. The fourth-order valence-corrected chi connectivity index (χ4v) is 3.35. The van der Waals surface area contributed by atoms with E-state index in [9.17, 15) is 10.1 Å². The molecule has 2 aromatic rings. The molecule has 27 heavy (non-hydrogen) atoms. The number of nitro groups is 1. The molecule has 0 saturated heterocycles. The Bertz CT molecular complexity index is 903. The maximum atomic E-state index is 10.9. The van der Waals surface area contributed by atoms with Gasteiger partial charge in [-0.25, -0.2) is 0 Å². The normalized spacial score (nSPS) is 10.8. The fraction of sp³-hybridized carbons (Fsp3) is 0.278. The third-order valence-corrected chi connectivity index (χ3v) is 4.78. The molecule has 0 spiro atoms. The van der Waals surface area contributed by atoms with Crippen LogP contribution in [0.1, 0.15) is 18.9 Å². The number of nitriles is 1. The van der Waals surface area contributed by atoms with Crippen LogP contribution in [0, 0.1) is 28.4 Å². The van der Waals surface area contributed by atoms with Gasteiger partial charge in [0, 0.05) is 30.9 Å². The van der Waals surface area contributed by atoms with Crippen molar-refractivity contribution in [2.45, 2.75) is 20.3 Å². The van der Waals surface area contributed by atoms with E-state index in [0.717, 1.165) is 17.8 Å². The van der Waals surface area contributed by atoms with Gasteiger partial charge in [0.25, 0.3) is 5.69 Å². The molecule has 0 aromatic heterocycles. The molecular weight excluding hydrogens is 434 g/mol. The summed E-state index contributed by atoms with van der Waals surface area (Å²) in [6.45, 7) is 5.42. The Labute approximate surface area is 170 Å². The van der Waals surface area contributed by atoms with E-state index in [1.165, 1.54) is 12.1 Å². The van der Waals surface area contributed by atoms with E-state index in [1.807, 2.05) is 32.0 Å². The first-order valence-corrected chi connectivity index (χ1v) is 9.32. The van der Waals surface area contributed by atoms with Crippen molar-refractivity contribution in [1.82, 2.24) is 0 Å². The van der Waals surface area contributed by atoms with Gasteiger partial charge in [0.1, 0.15) is 5.69 Å². The van der Waals surface area contributed by atoms with Gasteiger partial charge >= 0.3 is 0 Å². The molecular formula is C18H17BrClN5O2. The van der Waals surface area contributed by atoms with E-state index >= 15 is 0 Å². The lowest BCUT2D eigenvalue weighted by atomic mass is 10.1. The molecule has 2 aromatic carbocycles. The molecule has 0 saturated carbocycles. The van der Waals surface area contributed by atoms with Crippen LogP contribution in [0.2, 0.25) is 5.02 Å². The van der Waals surface area contributed by atoms with Gasteiger partial charge in [-0.2, -0.15) is 10.4 Å². The van der Waals surface area contributed by atoms with Crippen LogP contribution in [0.25, 0.3) is 0 Å². The topological polar surface area (TPSA) is 94.9 Å². The van der Waals surface area contributed by atoms with Gasteiger partial charge in [0.05, 0.1) is 32.6 Å². The van der Waals surface area contributed by atoms with Crippen LogP contribution >= 0.6 is 27.5 Å². The number of anilines is 1. The summed E-state index contributed by atoms with van der Waals surface area (Å²) in [7, 11) is 0. The first-order valence-electron chi connectivity index (χ1n) is 8.15. The van der Waals surface area contributed by atoms with Crippen LogP contribution in [0.5, 0.6) is 0 Å². The maximum Gasteiger partial charge on any atom is 0.272 e. The first-order chi connectivity index (χ1) is 12.9. The molecule has 0 heterocycles. The molecule has 7 nitrogen and oxygen atoms in total. The second-order valence-corrected chi connectivity index (χ2v) is 6.94. The zero-order valence-corrected chi connectivity index (χ0v) is 17.2. The van der Waals surface area contributed by atoms with Crippen molar-refractivity contribution in [2.24, 2.45) is 10.2 Å². The summed E-state index contributed by atoms with van der Waals surface area (Å²) >= 11 is 9.34. The molecule has 0 amide bonds. The summed E-state index contributed by atoms with van der Waals surface area (Å²) in [5.74, 6) is 0. The smallest absolute Gasteiger partial charge is 0.272 e. The lowest BCUT2D eigenvalue weighted by Crippen LogP contribution is -2.23. The highest BCUT2D eigenvalue weighted by Gasteiger charge is 2.14. The number of rotatable bonds is 7. The summed E-state index contributed by atoms with van der Waals surface area (Å²) in [5.41, 5.74) is 2.80. The van der Waals surface area contributed by atoms with E-state index in [1.54, 1.807) is 0 Å². The summed E-state index contributed by atoms with van der Waals surface area (Å²) in [4.78, 5) is 12.5. The predicted octanol–water partition coefficient (Wildman–Crippen LogP) is 6.47. The molecule has 0 aliphatic carbocycles. The number of halogens is 2. The summed E-state index contributed by atoms with van der Waals surface area (Å²) < 4.78 is 0.397. The number of benzene rings is 2. The molecule has 0 fully saturated rings. The Morgan fingerprint density at radius 1 is 1.33 bits per heavy atom. The summed E-state index contributed by atoms with van der Waals surface area (Å²) in [6.07, 6.45) is 0.459. The van der Waals surface area contributed by atoms with Gasteiger partial charge < -0.3 is 4.90 Å². The zero-order valence-electron chi connectivity index (χ0n) is 14.8. The Hall–Kier alpha value is -2.50. The number of hydrogen-bond acceptors (Lipinski definition) is 6. The van der Waals surface area contributed by atoms with Crippen LogP contribution in [-0.2, 0) is 0 Å². The van der Waals surface area contributed by atoms with Crippen molar-refractivity contribution in [3.8, 4) is 6.07 Å². The number of non-ortho nitro benzene ring substituents is 1. The summed E-state index contributed by atoms with van der Waals surface area (Å²) in [6, 6.07) is 10.5. The Morgan fingerprint density at radius 2 is 2.07 bits per heavy atom. The van der Waals surface area contributed by atoms with Crippen LogP contribution in [0.15, 0.2) is 45.0 Å². The third-order valence-electron chi connectivity index (χ3n) is 3.89. The third kappa shape index (κ3) is 5.25. The summed E-state index contributed by atoms with van der Waals surface area (Å²) in [5, 5.41) is 28.2. The second-order valence-electron chi connectivity index (χ2n) is 5.67. The van der Waals surface area contributed by atoms with Gasteiger partial charge in [-0.3, -0.25) is 10.1 Å². The van der Waals surface area contributed by atoms with E-state index in [2.05, 4.69) is 37.1 Å². The van der Waals surface area contributed by atoms with Crippen LogP contribution in [0.4, 0.5) is 22.7 Å². The molecule has 9 heteroatoms. The lowest BCUT2D eigenvalue weighted by molar-refractivity contribution is -0.384. The standard InChI is InChI=1S/C18H17BrClN5O2/c1-3-24(8-4-7-21)13-5-6-17(12(2)9-13)22-23-18-15(19)10-14(25(26)27)11-16(18)20/h5-6,9-11H,3-4,8H2,1-2H3. The zero-order chi connectivity index (χ0) is 20.0. The number of azo groups is 1. The predicted molar refractivity (Wildman–Crippen MR) is 109 cm³/mol. The number of aryl methyl sites for hydroxylation is 1. The highest BCUT2D eigenvalue weighted by Crippen LogP contribution is 2.38. The highest BCUT2D eigenvalue weighted by molar-refractivity contribution is 9.10. The number of hydrogen-bond donors (Lipinski definition) is 0. The van der Waals surface area contributed by atoms with Crippen molar-refractivity contribution < 1.29 is 4.92 Å². The molecule has 0 radical (unpaired) electrons. The first kappa shape index (κ1) is 20.8. The molecule has 0 aliphatic rings. The Kier molecular flexibility index (Phi) is 7.28. The molecule has 0 bridgehead atoms. The molecule has 0 atom stereocenters. The van der Waals surface area contributed by atoms with Crippen LogP contribution in [0.3, 0.4) is 0 Å². The maximum absolute atomic E-state index is 10.9. The minimum atomic E-state index is -0.522. The highest BCUT2D eigenvalue weighted by atomic mass is 79.9. The van der Waals surface area contributed by atoms with Gasteiger partial charge in [-0.15, -0.1) is 5.11 Å². The molecule has 0 unspecified atom stereocenters. The average Bonchev–Trinajstić information content (AvgIpc) is 2.62. The Balaban J connectivity index is 2.28. The monoisotopic (exact) mass is 449 g/mol. The van der Waals surface area contributed by atoms with Crippen LogP contribution < -0.4 is 4.90 Å². The largest absolute Gasteiger partial charge is 0.371 e. The van der Waals surface area contributed by atoms with E-state index in [4.69, 9.17) is 16.9 Å². The van der Waals surface area contributed by atoms with E-state index < -0.39 is 4.92 Å². The van der Waals surface area contributed by atoms with Gasteiger partial charge in [0.15, 0.2) is 0 Å². The van der Waals surface area contributed by atoms with Crippen molar-refractivity contribution >= 4 is 50.3 Å². The SMILES string of the molecule is CCN(CCC#N)c1ccc(N=Nc2c(Cl)cc([N+](=O)[O-])cc2Br)c(C)c1. The number of nitrogens with zero attached hydrogens (tertiary/aromatic N) is 5. The van der Waals surface area contributed by atoms with Crippen molar-refractivity contribution in [2.75, 3.05) is 18.0 Å². The average molecular weight is 451 g/mol. The number of nitro benzene ring substituents is 1. The minimum Gasteiger partial charge on any atom is -0.371 e. The fourth-order valence-electron chi connectivity index (χ4n) is 2.46.